The van der Waals surface area contributed by atoms with Crippen molar-refractivity contribution in [2.45, 2.75) is 19.3 Å². The Morgan fingerprint density at radius 1 is 1.47 bits per heavy atom. The number of nitrogens with zero attached hydrogens (tertiary/aromatic N) is 1. The number of anilines is 1. The lowest BCUT2D eigenvalue weighted by Gasteiger charge is -2.23. The molecule has 2 fully saturated rings. The highest BCUT2D eigenvalue weighted by atomic mass is 16.2. The van der Waals surface area contributed by atoms with Gasteiger partial charge in [-0.25, -0.2) is 0 Å². The number of amides is 1. The lowest BCUT2D eigenvalue weighted by atomic mass is 9.92. The third kappa shape index (κ3) is 2.05. The quantitative estimate of drug-likeness (QED) is 0.809. The third-order valence-corrected chi connectivity index (χ3v) is 4.03. The van der Waals surface area contributed by atoms with Gasteiger partial charge in [-0.2, -0.15) is 0 Å². The molecule has 2 aliphatic rings. The van der Waals surface area contributed by atoms with Crippen molar-refractivity contribution in [1.82, 2.24) is 10.3 Å². The summed E-state index contributed by atoms with van der Waals surface area (Å²) >= 11 is 0. The van der Waals surface area contributed by atoms with E-state index in [9.17, 15) is 4.79 Å². The zero-order chi connectivity index (χ0) is 11.7. The van der Waals surface area contributed by atoms with Crippen molar-refractivity contribution in [3.8, 4) is 0 Å². The summed E-state index contributed by atoms with van der Waals surface area (Å²) in [6.07, 6.45) is 6.73. The van der Waals surface area contributed by atoms with Crippen LogP contribution >= 0.6 is 0 Å². The van der Waals surface area contributed by atoms with Gasteiger partial charge in [0.05, 0.1) is 11.9 Å². The number of hydrogen-bond donors (Lipinski definition) is 2. The molecule has 90 valence electrons. The first-order valence-corrected chi connectivity index (χ1v) is 6.22. The van der Waals surface area contributed by atoms with Gasteiger partial charge in [-0.3, -0.25) is 9.78 Å². The number of carbonyl (C=O) groups excluding carboxylic acids is 1. The highest BCUT2D eigenvalue weighted by Crippen LogP contribution is 2.58. The lowest BCUT2D eigenvalue weighted by molar-refractivity contribution is -0.118. The molecule has 1 saturated carbocycles. The van der Waals surface area contributed by atoms with Gasteiger partial charge in [-0.05, 0) is 49.9 Å². The van der Waals surface area contributed by atoms with Crippen molar-refractivity contribution in [3.05, 3.63) is 24.5 Å². The van der Waals surface area contributed by atoms with Crippen LogP contribution < -0.4 is 10.6 Å². The molecule has 2 N–H and O–H groups in total. The molecule has 1 aromatic rings. The number of hydrogen-bond acceptors (Lipinski definition) is 3. The van der Waals surface area contributed by atoms with Gasteiger partial charge < -0.3 is 10.6 Å². The average Bonchev–Trinajstić information content (AvgIpc) is 3.05. The summed E-state index contributed by atoms with van der Waals surface area (Å²) in [5.41, 5.74) is 1.10. The molecule has 1 spiro atoms. The summed E-state index contributed by atoms with van der Waals surface area (Å²) < 4.78 is 0. The summed E-state index contributed by atoms with van der Waals surface area (Å²) in [6.45, 7) is 2.10. The molecule has 1 aromatic heterocycles. The minimum absolute atomic E-state index is 0.167. The van der Waals surface area contributed by atoms with Gasteiger partial charge in [0.2, 0.25) is 5.91 Å². The van der Waals surface area contributed by atoms with E-state index in [4.69, 9.17) is 0 Å². The SMILES string of the molecule is O=C(Nc1cccnc1)C1CC12CCNCC2. The molecule has 4 nitrogen and oxygen atoms in total. The second-order valence-corrected chi connectivity index (χ2v) is 5.10. The van der Waals surface area contributed by atoms with Crippen LogP contribution in [-0.4, -0.2) is 24.0 Å². The molecule has 1 aliphatic carbocycles. The molecule has 1 amide bonds. The molecular weight excluding hydrogens is 214 g/mol. The van der Waals surface area contributed by atoms with Crippen LogP contribution in [0.3, 0.4) is 0 Å². The summed E-state index contributed by atoms with van der Waals surface area (Å²) in [4.78, 5) is 16.1. The van der Waals surface area contributed by atoms with E-state index in [-0.39, 0.29) is 11.8 Å². The Morgan fingerprint density at radius 3 is 3.00 bits per heavy atom. The molecule has 0 bridgehead atoms. The van der Waals surface area contributed by atoms with Crippen LogP contribution in [0.25, 0.3) is 0 Å². The Kier molecular flexibility index (Phi) is 2.59. The number of aromatic nitrogens is 1. The fourth-order valence-electron chi connectivity index (χ4n) is 2.86. The van der Waals surface area contributed by atoms with E-state index in [0.717, 1.165) is 38.0 Å². The highest BCUT2D eigenvalue weighted by Gasteiger charge is 2.57. The molecule has 1 atom stereocenters. The lowest BCUT2D eigenvalue weighted by Crippen LogP contribution is -2.31. The largest absolute Gasteiger partial charge is 0.324 e. The molecule has 17 heavy (non-hydrogen) atoms. The minimum atomic E-state index is 0.167. The van der Waals surface area contributed by atoms with E-state index in [0.29, 0.717) is 5.41 Å². The fourth-order valence-corrected chi connectivity index (χ4v) is 2.86. The topological polar surface area (TPSA) is 54.0 Å². The van der Waals surface area contributed by atoms with E-state index >= 15 is 0 Å². The maximum Gasteiger partial charge on any atom is 0.228 e. The number of rotatable bonds is 2. The smallest absolute Gasteiger partial charge is 0.228 e. The molecule has 2 heterocycles. The molecule has 1 saturated heterocycles. The van der Waals surface area contributed by atoms with E-state index in [2.05, 4.69) is 15.6 Å². The normalized spacial score (nSPS) is 25.5. The highest BCUT2D eigenvalue weighted by molar-refractivity contribution is 5.94. The van der Waals surface area contributed by atoms with Crippen LogP contribution in [0.1, 0.15) is 19.3 Å². The van der Waals surface area contributed by atoms with Crippen LogP contribution in [0.15, 0.2) is 24.5 Å². The van der Waals surface area contributed by atoms with Crippen molar-refractivity contribution in [2.75, 3.05) is 18.4 Å². The van der Waals surface area contributed by atoms with Crippen LogP contribution in [0.5, 0.6) is 0 Å². The van der Waals surface area contributed by atoms with Crippen molar-refractivity contribution >= 4 is 11.6 Å². The molecule has 1 aliphatic heterocycles. The van der Waals surface area contributed by atoms with Gasteiger partial charge >= 0.3 is 0 Å². The number of carbonyl (C=O) groups is 1. The summed E-state index contributed by atoms with van der Waals surface area (Å²) in [5.74, 6) is 0.379. The van der Waals surface area contributed by atoms with Crippen LogP contribution in [0.2, 0.25) is 0 Å². The van der Waals surface area contributed by atoms with E-state index in [1.54, 1.807) is 12.4 Å². The van der Waals surface area contributed by atoms with Crippen LogP contribution in [-0.2, 0) is 4.79 Å². The molecular formula is C13H17N3O. The number of nitrogens with one attached hydrogen (secondary N) is 2. The predicted molar refractivity (Wildman–Crippen MR) is 65.5 cm³/mol. The number of piperidine rings is 1. The van der Waals surface area contributed by atoms with Gasteiger partial charge in [-0.1, -0.05) is 0 Å². The first-order chi connectivity index (χ1) is 8.30. The Morgan fingerprint density at radius 2 is 2.29 bits per heavy atom. The zero-order valence-corrected chi connectivity index (χ0v) is 9.78. The van der Waals surface area contributed by atoms with Gasteiger partial charge in [0.15, 0.2) is 0 Å². The van der Waals surface area contributed by atoms with Crippen LogP contribution in [0.4, 0.5) is 5.69 Å². The minimum Gasteiger partial charge on any atom is -0.324 e. The Labute approximate surface area is 101 Å². The average molecular weight is 231 g/mol. The van der Waals surface area contributed by atoms with Crippen LogP contribution in [0, 0.1) is 11.3 Å². The second kappa shape index (κ2) is 4.11. The summed E-state index contributed by atoms with van der Waals surface area (Å²) in [7, 11) is 0. The Hall–Kier alpha value is -1.42. The van der Waals surface area contributed by atoms with E-state index < -0.39 is 0 Å². The predicted octanol–water partition coefficient (Wildman–Crippen LogP) is 1.41. The second-order valence-electron chi connectivity index (χ2n) is 5.10. The Balaban J connectivity index is 1.61. The molecule has 0 aromatic carbocycles. The summed E-state index contributed by atoms with van der Waals surface area (Å²) in [5, 5.41) is 6.30. The maximum atomic E-state index is 12.1. The van der Waals surface area contributed by atoms with Gasteiger partial charge in [0.1, 0.15) is 0 Å². The fraction of sp³-hybridized carbons (Fsp3) is 0.538. The first kappa shape index (κ1) is 10.7. The van der Waals surface area contributed by atoms with Crippen molar-refractivity contribution in [2.24, 2.45) is 11.3 Å². The van der Waals surface area contributed by atoms with E-state index in [1.165, 1.54) is 0 Å². The maximum absolute atomic E-state index is 12.1. The van der Waals surface area contributed by atoms with Crippen molar-refractivity contribution < 1.29 is 4.79 Å². The first-order valence-electron chi connectivity index (χ1n) is 6.22. The molecule has 4 heteroatoms. The molecule has 3 rings (SSSR count). The number of pyridine rings is 1. The van der Waals surface area contributed by atoms with E-state index in [1.807, 2.05) is 12.1 Å². The van der Waals surface area contributed by atoms with Crippen molar-refractivity contribution in [1.29, 1.82) is 0 Å². The standard InChI is InChI=1S/C13H17N3O/c17-12(16-10-2-1-5-15-9-10)11-8-13(11)3-6-14-7-4-13/h1-2,5,9,11,14H,3-4,6-8H2,(H,16,17). The third-order valence-electron chi connectivity index (χ3n) is 4.03. The van der Waals surface area contributed by atoms with Gasteiger partial charge in [0.25, 0.3) is 0 Å². The van der Waals surface area contributed by atoms with Gasteiger partial charge in [0, 0.05) is 12.1 Å². The zero-order valence-electron chi connectivity index (χ0n) is 9.78. The monoisotopic (exact) mass is 231 g/mol. The van der Waals surface area contributed by atoms with Crippen molar-refractivity contribution in [3.63, 3.8) is 0 Å². The molecule has 0 radical (unpaired) electrons. The Bertz CT molecular complexity index is 412. The molecule has 1 unspecified atom stereocenters. The summed E-state index contributed by atoms with van der Waals surface area (Å²) in [6, 6.07) is 3.71. The van der Waals surface area contributed by atoms with Gasteiger partial charge in [-0.15, -0.1) is 0 Å².